The third kappa shape index (κ3) is 3.71. The van der Waals surface area contributed by atoms with Crippen molar-refractivity contribution in [3.8, 4) is 17.2 Å². The zero-order chi connectivity index (χ0) is 16.1. The molecule has 2 rings (SSSR count). The van der Waals surface area contributed by atoms with Crippen molar-refractivity contribution in [2.75, 3.05) is 26.6 Å². The van der Waals surface area contributed by atoms with Gasteiger partial charge in [-0.05, 0) is 13.0 Å². The molecule has 1 N–H and O–H groups in total. The number of benzene rings is 1. The highest BCUT2D eigenvalue weighted by Gasteiger charge is 2.12. The Morgan fingerprint density at radius 2 is 1.59 bits per heavy atom. The molecule has 6 nitrogen and oxygen atoms in total. The van der Waals surface area contributed by atoms with Crippen molar-refractivity contribution in [1.29, 1.82) is 0 Å². The molecule has 0 aliphatic heterocycles. The monoisotopic (exact) mass is 323 g/mol. The van der Waals surface area contributed by atoms with Gasteiger partial charge >= 0.3 is 0 Å². The summed E-state index contributed by atoms with van der Waals surface area (Å²) >= 11 is 5.93. The van der Waals surface area contributed by atoms with Gasteiger partial charge in [0.1, 0.15) is 22.5 Å². The van der Waals surface area contributed by atoms with Crippen molar-refractivity contribution < 1.29 is 14.2 Å². The predicted octanol–water partition coefficient (Wildman–Crippen LogP) is 3.08. The Bertz CT molecular complexity index is 644. The van der Waals surface area contributed by atoms with E-state index in [2.05, 4.69) is 15.3 Å². The number of nitrogens with zero attached hydrogens (tertiary/aromatic N) is 2. The summed E-state index contributed by atoms with van der Waals surface area (Å²) in [6.45, 7) is 2.28. The highest BCUT2D eigenvalue weighted by atomic mass is 35.5. The summed E-state index contributed by atoms with van der Waals surface area (Å²) in [7, 11) is 4.78. The van der Waals surface area contributed by atoms with Crippen LogP contribution in [0, 0.1) is 6.92 Å². The summed E-state index contributed by atoms with van der Waals surface area (Å²) in [6.07, 6.45) is 0. The van der Waals surface area contributed by atoms with Crippen LogP contribution in [0.3, 0.4) is 0 Å². The van der Waals surface area contributed by atoms with E-state index in [9.17, 15) is 0 Å². The minimum Gasteiger partial charge on any atom is -0.496 e. The Morgan fingerprint density at radius 1 is 0.955 bits per heavy atom. The molecule has 22 heavy (non-hydrogen) atoms. The number of aromatic nitrogens is 2. The van der Waals surface area contributed by atoms with Crippen molar-refractivity contribution in [2.24, 2.45) is 0 Å². The fourth-order valence-electron chi connectivity index (χ4n) is 2.04. The molecule has 0 atom stereocenters. The number of halogens is 1. The molecule has 0 unspecified atom stereocenters. The predicted molar refractivity (Wildman–Crippen MR) is 85.2 cm³/mol. The molecule has 0 amide bonds. The summed E-state index contributed by atoms with van der Waals surface area (Å²) < 4.78 is 16.0. The van der Waals surface area contributed by atoms with Crippen LogP contribution in [-0.4, -0.2) is 31.3 Å². The van der Waals surface area contributed by atoms with E-state index in [0.29, 0.717) is 40.6 Å². The van der Waals surface area contributed by atoms with Gasteiger partial charge in [0.15, 0.2) is 11.5 Å². The number of anilines is 1. The largest absolute Gasteiger partial charge is 0.496 e. The minimum atomic E-state index is 0.397. The molecule has 0 aliphatic rings. The SMILES string of the molecule is COc1cc(OC)c(OC)cc1CNc1cc(Cl)nc(C)n1. The fourth-order valence-corrected chi connectivity index (χ4v) is 2.26. The first-order valence-corrected chi connectivity index (χ1v) is 6.99. The van der Waals surface area contributed by atoms with E-state index in [-0.39, 0.29) is 0 Å². The first kappa shape index (κ1) is 16.2. The normalized spacial score (nSPS) is 10.2. The van der Waals surface area contributed by atoms with Gasteiger partial charge in [0.2, 0.25) is 0 Å². The van der Waals surface area contributed by atoms with E-state index in [4.69, 9.17) is 25.8 Å². The van der Waals surface area contributed by atoms with Gasteiger partial charge in [-0.15, -0.1) is 0 Å². The van der Waals surface area contributed by atoms with Crippen molar-refractivity contribution in [3.63, 3.8) is 0 Å². The molecule has 2 aromatic rings. The second-order valence-corrected chi connectivity index (χ2v) is 4.88. The molecular weight excluding hydrogens is 306 g/mol. The number of ether oxygens (including phenoxy) is 3. The van der Waals surface area contributed by atoms with Crippen LogP contribution in [0.15, 0.2) is 18.2 Å². The van der Waals surface area contributed by atoms with Crippen LogP contribution in [0.5, 0.6) is 17.2 Å². The lowest BCUT2D eigenvalue weighted by Gasteiger charge is -2.15. The van der Waals surface area contributed by atoms with Gasteiger partial charge in [-0.3, -0.25) is 0 Å². The third-order valence-electron chi connectivity index (χ3n) is 3.05. The average Bonchev–Trinajstić information content (AvgIpc) is 2.51. The van der Waals surface area contributed by atoms with E-state index in [1.165, 1.54) is 0 Å². The van der Waals surface area contributed by atoms with Crippen LogP contribution in [0.1, 0.15) is 11.4 Å². The maximum Gasteiger partial charge on any atom is 0.164 e. The van der Waals surface area contributed by atoms with Crippen molar-refractivity contribution in [2.45, 2.75) is 13.5 Å². The lowest BCUT2D eigenvalue weighted by Crippen LogP contribution is -2.05. The van der Waals surface area contributed by atoms with Gasteiger partial charge in [-0.2, -0.15) is 0 Å². The second-order valence-electron chi connectivity index (χ2n) is 4.50. The molecule has 7 heteroatoms. The molecule has 0 radical (unpaired) electrons. The summed E-state index contributed by atoms with van der Waals surface area (Å²) in [5.74, 6) is 3.20. The van der Waals surface area contributed by atoms with Crippen LogP contribution in [0.4, 0.5) is 5.82 Å². The lowest BCUT2D eigenvalue weighted by molar-refractivity contribution is 0.347. The van der Waals surface area contributed by atoms with E-state index < -0.39 is 0 Å². The smallest absolute Gasteiger partial charge is 0.164 e. The van der Waals surface area contributed by atoms with Crippen molar-refractivity contribution >= 4 is 17.4 Å². The average molecular weight is 324 g/mol. The molecule has 0 spiro atoms. The Hall–Kier alpha value is -2.21. The number of hydrogen-bond donors (Lipinski definition) is 1. The molecule has 0 bridgehead atoms. The first-order valence-electron chi connectivity index (χ1n) is 6.61. The van der Waals surface area contributed by atoms with Crippen molar-refractivity contribution in [1.82, 2.24) is 9.97 Å². The summed E-state index contributed by atoms with van der Waals surface area (Å²) in [5, 5.41) is 3.59. The molecular formula is C15H18ClN3O3. The van der Waals surface area contributed by atoms with Crippen LogP contribution in [-0.2, 0) is 6.54 Å². The molecule has 0 fully saturated rings. The maximum atomic E-state index is 5.93. The Balaban J connectivity index is 2.24. The van der Waals surface area contributed by atoms with Gasteiger partial charge in [-0.1, -0.05) is 11.6 Å². The van der Waals surface area contributed by atoms with Crippen LogP contribution in [0.25, 0.3) is 0 Å². The topological polar surface area (TPSA) is 65.5 Å². The van der Waals surface area contributed by atoms with Crippen LogP contribution >= 0.6 is 11.6 Å². The molecule has 1 aromatic heterocycles. The summed E-state index contributed by atoms with van der Waals surface area (Å²) in [6, 6.07) is 5.32. The molecule has 1 aromatic carbocycles. The van der Waals surface area contributed by atoms with Crippen molar-refractivity contribution in [3.05, 3.63) is 34.7 Å². The van der Waals surface area contributed by atoms with E-state index in [0.717, 1.165) is 5.56 Å². The van der Waals surface area contributed by atoms with E-state index in [1.54, 1.807) is 40.4 Å². The Morgan fingerprint density at radius 3 is 2.18 bits per heavy atom. The van der Waals surface area contributed by atoms with Gasteiger partial charge in [0, 0.05) is 24.2 Å². The number of methoxy groups -OCH3 is 3. The molecule has 0 saturated carbocycles. The maximum absolute atomic E-state index is 5.93. The van der Waals surface area contributed by atoms with E-state index in [1.807, 2.05) is 6.07 Å². The van der Waals surface area contributed by atoms with Crippen LogP contribution < -0.4 is 19.5 Å². The quantitative estimate of drug-likeness (QED) is 0.824. The number of nitrogens with one attached hydrogen (secondary N) is 1. The summed E-state index contributed by atoms with van der Waals surface area (Å²) in [5.41, 5.74) is 0.910. The van der Waals surface area contributed by atoms with Gasteiger partial charge in [-0.25, -0.2) is 9.97 Å². The minimum absolute atomic E-state index is 0.397. The molecule has 0 saturated heterocycles. The third-order valence-corrected chi connectivity index (χ3v) is 3.25. The number of aryl methyl sites for hydroxylation is 1. The number of hydrogen-bond acceptors (Lipinski definition) is 6. The standard InChI is InChI=1S/C15H18ClN3O3/c1-9-18-14(16)7-15(19-9)17-8-10-5-12(21-3)13(22-4)6-11(10)20-2/h5-7H,8H2,1-4H3,(H,17,18,19). The van der Waals surface area contributed by atoms with Crippen LogP contribution in [0.2, 0.25) is 5.15 Å². The molecule has 118 valence electrons. The second kappa shape index (κ2) is 7.17. The fraction of sp³-hybridized carbons (Fsp3) is 0.333. The summed E-state index contributed by atoms with van der Waals surface area (Å²) in [4.78, 5) is 8.30. The van der Waals surface area contributed by atoms with Gasteiger partial charge in [0.25, 0.3) is 0 Å². The molecule has 0 aliphatic carbocycles. The van der Waals surface area contributed by atoms with Gasteiger partial charge < -0.3 is 19.5 Å². The Labute approximate surface area is 134 Å². The highest BCUT2D eigenvalue weighted by Crippen LogP contribution is 2.34. The zero-order valence-electron chi connectivity index (χ0n) is 12.9. The highest BCUT2D eigenvalue weighted by molar-refractivity contribution is 6.29. The Kier molecular flexibility index (Phi) is 5.27. The lowest BCUT2D eigenvalue weighted by atomic mass is 10.1. The molecule has 1 heterocycles. The van der Waals surface area contributed by atoms with Gasteiger partial charge in [0.05, 0.1) is 21.3 Å². The first-order chi connectivity index (χ1) is 10.6. The zero-order valence-corrected chi connectivity index (χ0v) is 13.7. The number of rotatable bonds is 6. The van der Waals surface area contributed by atoms with E-state index >= 15 is 0 Å².